The van der Waals surface area contributed by atoms with Gasteiger partial charge in [-0.15, -0.1) is 0 Å². The fourth-order valence-corrected chi connectivity index (χ4v) is 2.84. The molecule has 0 aliphatic carbocycles. The number of nitrogens with zero attached hydrogens (tertiary/aromatic N) is 2. The third-order valence-corrected chi connectivity index (χ3v) is 4.39. The van der Waals surface area contributed by atoms with Crippen LogP contribution in [-0.2, 0) is 6.42 Å². The van der Waals surface area contributed by atoms with E-state index in [4.69, 9.17) is 5.73 Å². The van der Waals surface area contributed by atoms with Crippen LogP contribution in [0, 0.1) is 5.82 Å². The number of halogens is 2. The number of aromatic nitrogens is 2. The summed E-state index contributed by atoms with van der Waals surface area (Å²) in [4.78, 5) is 0. The fraction of sp³-hybridized carbons (Fsp3) is 0.438. The smallest absolute Gasteiger partial charge is 0.137 e. The van der Waals surface area contributed by atoms with Crippen molar-refractivity contribution in [1.29, 1.82) is 0 Å². The van der Waals surface area contributed by atoms with E-state index in [9.17, 15) is 4.39 Å². The minimum absolute atomic E-state index is 0.188. The number of benzene rings is 1. The zero-order valence-corrected chi connectivity index (χ0v) is 14.0. The summed E-state index contributed by atoms with van der Waals surface area (Å²) in [6.07, 6.45) is 4.79. The van der Waals surface area contributed by atoms with Crippen molar-refractivity contribution in [2.75, 3.05) is 0 Å². The van der Waals surface area contributed by atoms with Gasteiger partial charge >= 0.3 is 0 Å². The van der Waals surface area contributed by atoms with Gasteiger partial charge in [0.1, 0.15) is 5.82 Å². The third-order valence-electron chi connectivity index (χ3n) is 3.78. The lowest BCUT2D eigenvalue weighted by Gasteiger charge is -2.13. The predicted octanol–water partition coefficient (Wildman–Crippen LogP) is 4.39. The summed E-state index contributed by atoms with van der Waals surface area (Å²) in [5.74, 6) is -0.274. The molecule has 0 spiro atoms. The van der Waals surface area contributed by atoms with Gasteiger partial charge in [-0.25, -0.2) is 4.39 Å². The van der Waals surface area contributed by atoms with Crippen LogP contribution in [0.25, 0.3) is 0 Å². The number of nitrogens with two attached hydrogens (primary N) is 1. The first-order chi connectivity index (χ1) is 10.0. The summed E-state index contributed by atoms with van der Waals surface area (Å²) >= 11 is 3.19. The van der Waals surface area contributed by atoms with Crippen LogP contribution in [0.5, 0.6) is 0 Å². The van der Waals surface area contributed by atoms with E-state index in [1.807, 2.05) is 16.9 Å². The first kappa shape index (κ1) is 16.2. The van der Waals surface area contributed by atoms with Crippen LogP contribution < -0.4 is 5.73 Å². The molecule has 0 amide bonds. The molecule has 0 radical (unpaired) electrons. The Bertz CT molecular complexity index is 593. The second-order valence-corrected chi connectivity index (χ2v) is 6.10. The van der Waals surface area contributed by atoms with Gasteiger partial charge in [-0.2, -0.15) is 5.10 Å². The standard InChI is InChI=1S/C16H21BrFN3/c1-3-13(4-2)21-8-7-12(20-21)10-16(19)11-5-6-15(18)14(17)9-11/h5-9,13,16H,3-4,10,19H2,1-2H3. The summed E-state index contributed by atoms with van der Waals surface area (Å²) in [5.41, 5.74) is 8.07. The van der Waals surface area contributed by atoms with Gasteiger partial charge < -0.3 is 5.73 Å². The van der Waals surface area contributed by atoms with E-state index in [1.54, 1.807) is 12.1 Å². The maximum absolute atomic E-state index is 13.3. The van der Waals surface area contributed by atoms with Crippen LogP contribution in [0.1, 0.15) is 50.0 Å². The van der Waals surface area contributed by atoms with Crippen molar-refractivity contribution in [2.45, 2.75) is 45.2 Å². The van der Waals surface area contributed by atoms with Crippen LogP contribution in [0.4, 0.5) is 4.39 Å². The van der Waals surface area contributed by atoms with E-state index in [-0.39, 0.29) is 11.9 Å². The molecule has 5 heteroatoms. The Hall–Kier alpha value is -1.20. The number of hydrogen-bond acceptors (Lipinski definition) is 2. The summed E-state index contributed by atoms with van der Waals surface area (Å²) in [7, 11) is 0. The fourth-order valence-electron chi connectivity index (χ4n) is 2.44. The molecule has 2 aromatic rings. The molecule has 2 rings (SSSR count). The Morgan fingerprint density at radius 2 is 2.00 bits per heavy atom. The van der Waals surface area contributed by atoms with Gasteiger partial charge in [0, 0.05) is 18.7 Å². The zero-order valence-electron chi connectivity index (χ0n) is 12.4. The minimum Gasteiger partial charge on any atom is -0.324 e. The van der Waals surface area contributed by atoms with Gasteiger partial charge in [-0.1, -0.05) is 19.9 Å². The molecule has 0 fully saturated rings. The Morgan fingerprint density at radius 3 is 2.62 bits per heavy atom. The van der Waals surface area contributed by atoms with Crippen molar-refractivity contribution in [3.63, 3.8) is 0 Å². The van der Waals surface area contributed by atoms with Crippen LogP contribution in [0.15, 0.2) is 34.9 Å². The summed E-state index contributed by atoms with van der Waals surface area (Å²) in [6, 6.07) is 7.15. The molecule has 21 heavy (non-hydrogen) atoms. The van der Waals surface area contributed by atoms with Crippen molar-refractivity contribution >= 4 is 15.9 Å². The Morgan fingerprint density at radius 1 is 1.29 bits per heavy atom. The third kappa shape index (κ3) is 3.92. The molecule has 2 N–H and O–H groups in total. The van der Waals surface area contributed by atoms with E-state index < -0.39 is 0 Å². The van der Waals surface area contributed by atoms with Crippen molar-refractivity contribution in [1.82, 2.24) is 9.78 Å². The summed E-state index contributed by atoms with van der Waals surface area (Å²) < 4.78 is 15.7. The number of hydrogen-bond donors (Lipinski definition) is 1. The molecule has 0 aliphatic heterocycles. The van der Waals surface area contributed by atoms with Crippen molar-refractivity contribution in [2.24, 2.45) is 5.73 Å². The topological polar surface area (TPSA) is 43.8 Å². The van der Waals surface area contributed by atoms with E-state index in [2.05, 4.69) is 34.9 Å². The normalized spacial score (nSPS) is 12.9. The van der Waals surface area contributed by atoms with E-state index in [1.165, 1.54) is 6.07 Å². The van der Waals surface area contributed by atoms with E-state index >= 15 is 0 Å². The molecule has 1 atom stereocenters. The first-order valence-electron chi connectivity index (χ1n) is 7.29. The molecule has 1 unspecified atom stereocenters. The highest BCUT2D eigenvalue weighted by molar-refractivity contribution is 9.10. The molecule has 0 aliphatic rings. The van der Waals surface area contributed by atoms with Crippen molar-refractivity contribution in [3.05, 3.63) is 52.0 Å². The molecule has 1 aromatic carbocycles. The minimum atomic E-state index is -0.274. The molecular formula is C16H21BrFN3. The van der Waals surface area contributed by atoms with E-state index in [0.29, 0.717) is 16.9 Å². The highest BCUT2D eigenvalue weighted by Gasteiger charge is 2.13. The lowest BCUT2D eigenvalue weighted by molar-refractivity contribution is 0.424. The lowest BCUT2D eigenvalue weighted by Crippen LogP contribution is -2.14. The van der Waals surface area contributed by atoms with Crippen molar-refractivity contribution in [3.8, 4) is 0 Å². The van der Waals surface area contributed by atoms with Gasteiger partial charge in [0.2, 0.25) is 0 Å². The van der Waals surface area contributed by atoms with Crippen LogP contribution in [0.3, 0.4) is 0 Å². The van der Waals surface area contributed by atoms with Crippen LogP contribution in [0.2, 0.25) is 0 Å². The second-order valence-electron chi connectivity index (χ2n) is 5.24. The van der Waals surface area contributed by atoms with Crippen LogP contribution >= 0.6 is 15.9 Å². The molecule has 1 heterocycles. The van der Waals surface area contributed by atoms with Crippen molar-refractivity contribution < 1.29 is 4.39 Å². The second kappa shape index (κ2) is 7.18. The summed E-state index contributed by atoms with van der Waals surface area (Å²) in [6.45, 7) is 4.33. The molecule has 114 valence electrons. The van der Waals surface area contributed by atoms with Gasteiger partial charge in [-0.05, 0) is 52.5 Å². The van der Waals surface area contributed by atoms with E-state index in [0.717, 1.165) is 24.1 Å². The molecule has 1 aromatic heterocycles. The highest BCUT2D eigenvalue weighted by Crippen LogP contribution is 2.23. The maximum atomic E-state index is 13.3. The maximum Gasteiger partial charge on any atom is 0.137 e. The van der Waals surface area contributed by atoms with Gasteiger partial charge in [-0.3, -0.25) is 4.68 Å². The first-order valence-corrected chi connectivity index (χ1v) is 8.09. The van der Waals surface area contributed by atoms with Crippen LogP contribution in [-0.4, -0.2) is 9.78 Å². The Kier molecular flexibility index (Phi) is 5.53. The Balaban J connectivity index is 2.08. The van der Waals surface area contributed by atoms with Gasteiger partial charge in [0.25, 0.3) is 0 Å². The monoisotopic (exact) mass is 353 g/mol. The molecule has 0 saturated carbocycles. The predicted molar refractivity (Wildman–Crippen MR) is 86.6 cm³/mol. The Labute approximate surface area is 133 Å². The molecule has 3 nitrogen and oxygen atoms in total. The SMILES string of the molecule is CCC(CC)n1ccc(CC(N)c2ccc(F)c(Br)c2)n1. The highest BCUT2D eigenvalue weighted by atomic mass is 79.9. The van der Waals surface area contributed by atoms with Gasteiger partial charge in [0.15, 0.2) is 0 Å². The van der Waals surface area contributed by atoms with Gasteiger partial charge in [0.05, 0.1) is 16.2 Å². The molecule has 0 bridgehead atoms. The lowest BCUT2D eigenvalue weighted by atomic mass is 10.0. The quantitative estimate of drug-likeness (QED) is 0.836. The average Bonchev–Trinajstić information content (AvgIpc) is 2.91. The zero-order chi connectivity index (χ0) is 15.4. The largest absolute Gasteiger partial charge is 0.324 e. The average molecular weight is 354 g/mol. The number of rotatable bonds is 6. The summed E-state index contributed by atoms with van der Waals surface area (Å²) in [5, 5.41) is 4.61. The molecular weight excluding hydrogens is 333 g/mol. The molecule has 0 saturated heterocycles.